The number of aromatic nitrogens is 3. The number of ether oxygens (including phenoxy) is 1. The molecule has 2 heterocycles. The Labute approximate surface area is 164 Å². The Balaban J connectivity index is 1.81. The maximum atomic E-state index is 12.6. The van der Waals surface area contributed by atoms with Gasteiger partial charge in [-0.1, -0.05) is 6.07 Å². The Bertz CT molecular complexity index is 990. The van der Waals surface area contributed by atoms with Gasteiger partial charge in [0.15, 0.2) is 0 Å². The highest BCUT2D eigenvalue weighted by Crippen LogP contribution is 2.25. The normalized spacial score (nSPS) is 12.7. The summed E-state index contributed by atoms with van der Waals surface area (Å²) in [6, 6.07) is 8.90. The summed E-state index contributed by atoms with van der Waals surface area (Å²) in [5, 5.41) is 16.0. The van der Waals surface area contributed by atoms with E-state index in [-0.39, 0.29) is 12.3 Å². The molecule has 3 aromatic rings. The van der Waals surface area contributed by atoms with Gasteiger partial charge in [0, 0.05) is 18.6 Å². The lowest BCUT2D eigenvalue weighted by Gasteiger charge is -2.18. The molecule has 0 saturated carbocycles. The van der Waals surface area contributed by atoms with Crippen LogP contribution in [0.25, 0.3) is 10.9 Å². The quantitative estimate of drug-likeness (QED) is 0.627. The molecule has 29 heavy (non-hydrogen) atoms. The second-order valence-electron chi connectivity index (χ2n) is 6.43. The van der Waals surface area contributed by atoms with Gasteiger partial charge < -0.3 is 15.2 Å². The minimum absolute atomic E-state index is 0.0731. The van der Waals surface area contributed by atoms with E-state index < -0.39 is 31.2 Å². The molecule has 1 amide bonds. The number of hydrogen-bond acceptors (Lipinski definition) is 5. The zero-order valence-electron chi connectivity index (χ0n) is 15.5. The van der Waals surface area contributed by atoms with Crippen LogP contribution >= 0.6 is 0 Å². The average molecular weight is 408 g/mol. The lowest BCUT2D eigenvalue weighted by atomic mass is 10.1. The maximum absolute atomic E-state index is 12.6. The molecule has 0 bridgehead atoms. The van der Waals surface area contributed by atoms with Crippen molar-refractivity contribution in [1.29, 1.82) is 0 Å². The summed E-state index contributed by atoms with van der Waals surface area (Å²) in [4.78, 5) is 16.7. The second-order valence-corrected chi connectivity index (χ2v) is 6.43. The number of halogens is 3. The molecule has 0 aliphatic heterocycles. The number of fused-ring (bicyclic) bond motifs is 1. The molecule has 1 unspecified atom stereocenters. The second kappa shape index (κ2) is 8.48. The molecule has 1 aromatic carbocycles. The van der Waals surface area contributed by atoms with E-state index in [0.29, 0.717) is 16.7 Å². The minimum atomic E-state index is -4.51. The van der Waals surface area contributed by atoms with Crippen molar-refractivity contribution in [2.24, 2.45) is 7.05 Å². The van der Waals surface area contributed by atoms with E-state index in [2.05, 4.69) is 15.4 Å². The van der Waals surface area contributed by atoms with Crippen molar-refractivity contribution >= 4 is 16.8 Å². The number of alkyl halides is 3. The van der Waals surface area contributed by atoms with Crippen molar-refractivity contribution < 1.29 is 27.8 Å². The number of amides is 1. The highest BCUT2D eigenvalue weighted by molar-refractivity contribution is 6.05. The standard InChI is InChI=1S/C19H19F3N4O3/c1-26-17(18(28)24-13(10-27)9-19(20,21)22)15-8-14(5-6-16(15)25-26)29-11-12-4-2-3-7-23-12/h2-8,13,27H,9-11H2,1H3,(H,24,28). The molecule has 0 radical (unpaired) electrons. The van der Waals surface area contributed by atoms with Crippen LogP contribution in [0.5, 0.6) is 5.75 Å². The van der Waals surface area contributed by atoms with Crippen LogP contribution in [0.4, 0.5) is 13.2 Å². The molecule has 10 heteroatoms. The molecule has 1 atom stereocenters. The van der Waals surface area contributed by atoms with Crippen LogP contribution in [0.3, 0.4) is 0 Å². The first-order valence-electron chi connectivity index (χ1n) is 8.75. The monoisotopic (exact) mass is 408 g/mol. The number of benzene rings is 1. The molecule has 0 aliphatic rings. The van der Waals surface area contributed by atoms with E-state index in [0.717, 1.165) is 5.69 Å². The number of nitrogens with one attached hydrogen (secondary N) is 1. The molecule has 7 nitrogen and oxygen atoms in total. The fourth-order valence-electron chi connectivity index (χ4n) is 2.87. The van der Waals surface area contributed by atoms with Gasteiger partial charge in [-0.2, -0.15) is 18.3 Å². The van der Waals surface area contributed by atoms with Gasteiger partial charge in [-0.3, -0.25) is 14.5 Å². The van der Waals surface area contributed by atoms with Crippen LogP contribution in [-0.4, -0.2) is 44.6 Å². The van der Waals surface area contributed by atoms with Crippen LogP contribution in [0.1, 0.15) is 22.6 Å². The summed E-state index contributed by atoms with van der Waals surface area (Å²) in [6.07, 6.45) is -4.20. The van der Waals surface area contributed by atoms with Crippen LogP contribution in [-0.2, 0) is 13.7 Å². The highest BCUT2D eigenvalue weighted by atomic mass is 19.4. The van der Waals surface area contributed by atoms with Crippen LogP contribution < -0.4 is 10.1 Å². The summed E-state index contributed by atoms with van der Waals surface area (Å²) < 4.78 is 44.8. The minimum Gasteiger partial charge on any atom is -0.487 e. The molecular weight excluding hydrogens is 389 g/mol. The van der Waals surface area contributed by atoms with Crippen LogP contribution in [0, 0.1) is 0 Å². The summed E-state index contributed by atoms with van der Waals surface area (Å²) in [6.45, 7) is -0.619. The number of carbonyl (C=O) groups excluding carboxylic acids is 1. The van der Waals surface area contributed by atoms with Gasteiger partial charge in [0.05, 0.1) is 30.3 Å². The Hall–Kier alpha value is -3.14. The van der Waals surface area contributed by atoms with E-state index in [4.69, 9.17) is 4.74 Å². The first-order valence-corrected chi connectivity index (χ1v) is 8.75. The first-order chi connectivity index (χ1) is 13.8. The third kappa shape index (κ3) is 5.23. The molecule has 0 fully saturated rings. The number of aryl methyl sites for hydroxylation is 1. The van der Waals surface area contributed by atoms with Crippen molar-refractivity contribution in [3.63, 3.8) is 0 Å². The summed E-state index contributed by atoms with van der Waals surface area (Å²) in [7, 11) is 1.51. The van der Waals surface area contributed by atoms with Gasteiger partial charge in [0.2, 0.25) is 0 Å². The molecule has 154 valence electrons. The number of nitrogens with zero attached hydrogens (tertiary/aromatic N) is 3. The highest BCUT2D eigenvalue weighted by Gasteiger charge is 2.33. The molecule has 2 N–H and O–H groups in total. The van der Waals surface area contributed by atoms with Gasteiger partial charge in [0.25, 0.3) is 5.91 Å². The van der Waals surface area contributed by atoms with E-state index in [1.807, 2.05) is 6.07 Å². The number of carbonyl (C=O) groups is 1. The van der Waals surface area contributed by atoms with Gasteiger partial charge in [-0.05, 0) is 30.3 Å². The SMILES string of the molecule is Cn1nc2ccc(OCc3ccccn3)cc2c1C(=O)NC(CO)CC(F)(F)F. The van der Waals surface area contributed by atoms with Crippen LogP contribution in [0.15, 0.2) is 42.6 Å². The fraction of sp³-hybridized carbons (Fsp3) is 0.316. The summed E-state index contributed by atoms with van der Waals surface area (Å²) >= 11 is 0. The Morgan fingerprint density at radius 3 is 2.76 bits per heavy atom. The van der Waals surface area contributed by atoms with Crippen molar-refractivity contribution in [3.05, 3.63) is 54.0 Å². The summed E-state index contributed by atoms with van der Waals surface area (Å²) in [5.41, 5.74) is 1.28. The number of pyridine rings is 1. The van der Waals surface area contributed by atoms with Crippen LogP contribution in [0.2, 0.25) is 0 Å². The molecule has 3 rings (SSSR count). The smallest absolute Gasteiger partial charge is 0.391 e. The van der Waals surface area contributed by atoms with Crippen molar-refractivity contribution in [2.75, 3.05) is 6.61 Å². The zero-order chi connectivity index (χ0) is 21.0. The lowest BCUT2D eigenvalue weighted by Crippen LogP contribution is -2.41. The molecule has 0 aliphatic carbocycles. The summed E-state index contributed by atoms with van der Waals surface area (Å²) in [5.74, 6) is -0.306. The Morgan fingerprint density at radius 1 is 1.31 bits per heavy atom. The lowest BCUT2D eigenvalue weighted by molar-refractivity contribution is -0.141. The number of aliphatic hydroxyl groups is 1. The van der Waals surface area contributed by atoms with Gasteiger partial charge in [0.1, 0.15) is 18.1 Å². The van der Waals surface area contributed by atoms with Gasteiger partial charge in [-0.25, -0.2) is 0 Å². The molecule has 0 saturated heterocycles. The van der Waals surface area contributed by atoms with Gasteiger partial charge >= 0.3 is 6.18 Å². The van der Waals surface area contributed by atoms with E-state index in [9.17, 15) is 23.1 Å². The predicted molar refractivity (Wildman–Crippen MR) is 98.3 cm³/mol. The molecule has 2 aromatic heterocycles. The average Bonchev–Trinajstić information content (AvgIpc) is 3.00. The molecular formula is C19H19F3N4O3. The maximum Gasteiger partial charge on any atom is 0.391 e. The third-order valence-electron chi connectivity index (χ3n) is 4.17. The number of hydrogen-bond donors (Lipinski definition) is 2. The Morgan fingerprint density at radius 2 is 2.10 bits per heavy atom. The largest absolute Gasteiger partial charge is 0.487 e. The van der Waals surface area contributed by atoms with Crippen molar-refractivity contribution in [3.8, 4) is 5.75 Å². The van der Waals surface area contributed by atoms with Gasteiger partial charge in [-0.15, -0.1) is 0 Å². The number of aliphatic hydroxyl groups excluding tert-OH is 1. The topological polar surface area (TPSA) is 89.3 Å². The predicted octanol–water partition coefficient (Wildman–Crippen LogP) is 2.59. The van der Waals surface area contributed by atoms with E-state index in [1.54, 1.807) is 36.5 Å². The first kappa shape index (κ1) is 20.6. The van der Waals surface area contributed by atoms with E-state index >= 15 is 0 Å². The fourth-order valence-corrected chi connectivity index (χ4v) is 2.87. The third-order valence-corrected chi connectivity index (χ3v) is 4.17. The van der Waals surface area contributed by atoms with Crippen molar-refractivity contribution in [1.82, 2.24) is 20.1 Å². The number of rotatable bonds is 7. The van der Waals surface area contributed by atoms with Crippen molar-refractivity contribution in [2.45, 2.75) is 25.2 Å². The molecule has 0 spiro atoms. The van der Waals surface area contributed by atoms with E-state index in [1.165, 1.54) is 11.7 Å². The Kier molecular flexibility index (Phi) is 6.02. The zero-order valence-corrected chi connectivity index (χ0v) is 15.5.